The second-order valence-corrected chi connectivity index (χ2v) is 18.4. The van der Waals surface area contributed by atoms with Gasteiger partial charge in [0.2, 0.25) is 0 Å². The zero-order chi connectivity index (χ0) is 46.9. The lowest BCUT2D eigenvalue weighted by Crippen LogP contribution is -2.32. The minimum atomic E-state index is -0.916. The Bertz CT molecular complexity index is 3920. The molecule has 1 unspecified atom stereocenters. The highest BCUT2D eigenvalue weighted by molar-refractivity contribution is 6.07. The summed E-state index contributed by atoms with van der Waals surface area (Å²) in [6.07, 6.45) is 0. The number of para-hydroxylation sites is 4. The summed E-state index contributed by atoms with van der Waals surface area (Å²) in [6.45, 7) is 0. The highest BCUT2D eigenvalue weighted by atomic mass is 16.5. The molecule has 334 valence electrons. The summed E-state index contributed by atoms with van der Waals surface area (Å²) in [4.78, 5) is 4.78. The van der Waals surface area contributed by atoms with E-state index in [1.807, 2.05) is 6.07 Å². The van der Waals surface area contributed by atoms with E-state index in [0.717, 1.165) is 101 Å². The molecule has 1 aromatic heterocycles. The summed E-state index contributed by atoms with van der Waals surface area (Å²) in [5, 5.41) is 3.28. The van der Waals surface area contributed by atoms with Gasteiger partial charge in [0.1, 0.15) is 16.7 Å². The predicted molar refractivity (Wildman–Crippen MR) is 291 cm³/mol. The Labute approximate surface area is 412 Å². The van der Waals surface area contributed by atoms with Crippen molar-refractivity contribution in [1.29, 1.82) is 0 Å². The Kier molecular flexibility index (Phi) is 9.39. The maximum atomic E-state index is 7.25. The molecule has 0 amide bonds. The Hall–Kier alpha value is -9.38. The highest BCUT2D eigenvalue weighted by Crippen LogP contribution is 2.65. The second-order valence-electron chi connectivity index (χ2n) is 18.4. The third-order valence-electron chi connectivity index (χ3n) is 14.5. The van der Waals surface area contributed by atoms with Crippen LogP contribution in [0.25, 0.3) is 55.1 Å². The molecule has 14 rings (SSSR count). The maximum Gasteiger partial charge on any atom is 0.178 e. The van der Waals surface area contributed by atoms with Crippen molar-refractivity contribution >= 4 is 55.9 Å². The summed E-state index contributed by atoms with van der Waals surface area (Å²) in [5.74, 6) is 2.32. The van der Waals surface area contributed by atoms with Crippen LogP contribution in [0, 0.1) is 0 Å². The molecule has 0 fully saturated rings. The van der Waals surface area contributed by atoms with Crippen LogP contribution >= 0.6 is 0 Å². The molecule has 1 aliphatic heterocycles. The van der Waals surface area contributed by atoms with Crippen molar-refractivity contribution in [3.05, 3.63) is 289 Å². The van der Waals surface area contributed by atoms with E-state index < -0.39 is 5.41 Å². The van der Waals surface area contributed by atoms with Crippen molar-refractivity contribution < 1.29 is 9.15 Å². The van der Waals surface area contributed by atoms with Crippen molar-refractivity contribution in [3.63, 3.8) is 0 Å². The van der Waals surface area contributed by atoms with E-state index in [-0.39, 0.29) is 0 Å². The van der Waals surface area contributed by atoms with Gasteiger partial charge in [-0.25, -0.2) is 0 Å². The zero-order valence-electron chi connectivity index (χ0n) is 38.6. The van der Waals surface area contributed by atoms with Crippen LogP contribution in [0.3, 0.4) is 0 Å². The SMILES string of the molecule is c1ccc(-c2ccc(N(c3ccc4c(c3)C3(c5ccccc5Oc5c3oc3ccccc53)c3cc(N(c5ccccc5)c5ccccc5)ccc3-4)c3ccc(-c4ccccc4)c4ccccc34)cc2)cc1. The number of ether oxygens (including phenoxy) is 1. The van der Waals surface area contributed by atoms with Crippen LogP contribution in [0.4, 0.5) is 34.1 Å². The topological polar surface area (TPSA) is 28.9 Å². The zero-order valence-corrected chi connectivity index (χ0v) is 38.6. The van der Waals surface area contributed by atoms with Gasteiger partial charge in [-0.1, -0.05) is 182 Å². The highest BCUT2D eigenvalue weighted by Gasteiger charge is 2.55. The molecule has 1 atom stereocenters. The number of benzene rings is 11. The third-order valence-corrected chi connectivity index (χ3v) is 14.5. The molecule has 2 heterocycles. The van der Waals surface area contributed by atoms with Crippen LogP contribution in [0.15, 0.2) is 271 Å². The molecule has 1 aliphatic carbocycles. The van der Waals surface area contributed by atoms with Gasteiger partial charge in [0.25, 0.3) is 0 Å². The number of anilines is 6. The first-order valence-electron chi connectivity index (χ1n) is 24.2. The molecular formula is C67H44N2O2. The second kappa shape index (κ2) is 16.4. The van der Waals surface area contributed by atoms with Crippen molar-refractivity contribution in [1.82, 2.24) is 0 Å². The number of hydrogen-bond acceptors (Lipinski definition) is 4. The molecule has 71 heavy (non-hydrogen) atoms. The summed E-state index contributed by atoms with van der Waals surface area (Å²) < 4.78 is 14.3. The van der Waals surface area contributed by atoms with E-state index in [4.69, 9.17) is 9.15 Å². The Morgan fingerprint density at radius 2 is 0.789 bits per heavy atom. The van der Waals surface area contributed by atoms with Gasteiger partial charge in [-0.2, -0.15) is 0 Å². The number of rotatable bonds is 8. The van der Waals surface area contributed by atoms with Gasteiger partial charge >= 0.3 is 0 Å². The number of furan rings is 1. The van der Waals surface area contributed by atoms with E-state index in [2.05, 4.69) is 271 Å². The standard InChI is InChI=1S/C67H44N2O2/c1-5-19-45(20-6-1)46-33-35-50(36-34-46)69(62-42-41-53(47-21-7-2-8-22-47)54-27-13-14-28-57(54)62)52-38-40-56-55-39-37-51(68(48-23-9-3-10-24-48)49-25-11-4-12-26-49)43-60(55)67(61(56)44-52)59-30-16-18-32-64(59)70-65-58-29-15-17-31-63(58)71-66(65)67/h1-44H. The lowest BCUT2D eigenvalue weighted by molar-refractivity contribution is 0.389. The van der Waals surface area contributed by atoms with E-state index in [0.29, 0.717) is 0 Å². The van der Waals surface area contributed by atoms with Gasteiger partial charge in [-0.3, -0.25) is 0 Å². The molecule has 0 N–H and O–H groups in total. The van der Waals surface area contributed by atoms with Crippen molar-refractivity contribution in [2.75, 3.05) is 9.80 Å². The van der Waals surface area contributed by atoms with Gasteiger partial charge in [-0.15, -0.1) is 0 Å². The van der Waals surface area contributed by atoms with Gasteiger partial charge in [0, 0.05) is 39.4 Å². The Balaban J connectivity index is 1.05. The summed E-state index contributed by atoms with van der Waals surface area (Å²) in [6, 6.07) is 95.8. The molecule has 12 aromatic rings. The Morgan fingerprint density at radius 3 is 1.45 bits per heavy atom. The first-order chi connectivity index (χ1) is 35.2. The van der Waals surface area contributed by atoms with Gasteiger partial charge in [-0.05, 0) is 135 Å². The van der Waals surface area contributed by atoms with Gasteiger partial charge < -0.3 is 19.0 Å². The first kappa shape index (κ1) is 40.7. The Morgan fingerprint density at radius 1 is 0.310 bits per heavy atom. The molecule has 4 nitrogen and oxygen atoms in total. The molecule has 4 heteroatoms. The maximum absolute atomic E-state index is 7.25. The monoisotopic (exact) mass is 908 g/mol. The smallest absolute Gasteiger partial charge is 0.178 e. The van der Waals surface area contributed by atoms with Crippen molar-refractivity contribution in [3.8, 4) is 44.9 Å². The summed E-state index contributed by atoms with van der Waals surface area (Å²) in [7, 11) is 0. The van der Waals surface area contributed by atoms with Gasteiger partial charge in [0.15, 0.2) is 11.5 Å². The molecule has 0 saturated heterocycles. The normalized spacial score (nSPS) is 14.1. The number of hydrogen-bond donors (Lipinski definition) is 0. The van der Waals surface area contributed by atoms with Gasteiger partial charge in [0.05, 0.1) is 11.1 Å². The van der Waals surface area contributed by atoms with E-state index in [9.17, 15) is 0 Å². The third kappa shape index (κ3) is 6.39. The quantitative estimate of drug-likeness (QED) is 0.152. The lowest BCUT2D eigenvalue weighted by atomic mass is 9.68. The van der Waals surface area contributed by atoms with Crippen LogP contribution in [0.1, 0.15) is 22.5 Å². The first-order valence-corrected chi connectivity index (χ1v) is 24.2. The minimum Gasteiger partial charge on any atom is -0.455 e. The van der Waals surface area contributed by atoms with Crippen LogP contribution < -0.4 is 14.5 Å². The fourth-order valence-corrected chi connectivity index (χ4v) is 11.4. The minimum absolute atomic E-state index is 0.743. The molecule has 2 aliphatic rings. The van der Waals surface area contributed by atoms with E-state index in [1.54, 1.807) is 0 Å². The van der Waals surface area contributed by atoms with Crippen LogP contribution in [0.5, 0.6) is 11.5 Å². The fourth-order valence-electron chi connectivity index (χ4n) is 11.4. The largest absolute Gasteiger partial charge is 0.455 e. The average Bonchev–Trinajstić information content (AvgIpc) is 3.96. The average molecular weight is 909 g/mol. The molecular weight excluding hydrogens is 865 g/mol. The molecule has 0 bridgehead atoms. The molecule has 0 saturated carbocycles. The number of fused-ring (bicyclic) bond motifs is 12. The summed E-state index contributed by atoms with van der Waals surface area (Å²) in [5.41, 5.74) is 16.5. The molecule has 0 radical (unpaired) electrons. The van der Waals surface area contributed by atoms with Crippen LogP contribution in [-0.2, 0) is 5.41 Å². The lowest BCUT2D eigenvalue weighted by Gasteiger charge is -2.37. The summed E-state index contributed by atoms with van der Waals surface area (Å²) >= 11 is 0. The van der Waals surface area contributed by atoms with Crippen LogP contribution in [0.2, 0.25) is 0 Å². The van der Waals surface area contributed by atoms with E-state index >= 15 is 0 Å². The van der Waals surface area contributed by atoms with Crippen molar-refractivity contribution in [2.45, 2.75) is 5.41 Å². The predicted octanol–water partition coefficient (Wildman–Crippen LogP) is 18.3. The molecule has 11 aromatic carbocycles. The molecule has 1 spiro atoms. The number of nitrogens with zero attached hydrogens (tertiary/aromatic N) is 2. The van der Waals surface area contributed by atoms with E-state index in [1.165, 1.54) is 22.1 Å². The fraction of sp³-hybridized carbons (Fsp3) is 0.0149. The van der Waals surface area contributed by atoms with Crippen molar-refractivity contribution in [2.24, 2.45) is 0 Å². The van der Waals surface area contributed by atoms with Crippen LogP contribution in [-0.4, -0.2) is 0 Å².